The van der Waals surface area contributed by atoms with E-state index in [0.717, 1.165) is 25.6 Å². The highest BCUT2D eigenvalue weighted by molar-refractivity contribution is 4.75. The molecule has 1 fully saturated rings. The van der Waals surface area contributed by atoms with Crippen LogP contribution in [-0.4, -0.2) is 25.3 Å². The van der Waals surface area contributed by atoms with Crippen molar-refractivity contribution in [3.05, 3.63) is 0 Å². The largest absolute Gasteiger partial charge is 0.373 e. The van der Waals surface area contributed by atoms with Crippen molar-refractivity contribution >= 4 is 0 Å². The Morgan fingerprint density at radius 3 is 1.92 bits per heavy atom. The zero-order chi connectivity index (χ0) is 9.61. The van der Waals surface area contributed by atoms with E-state index in [9.17, 15) is 0 Å². The van der Waals surface area contributed by atoms with Gasteiger partial charge in [-0.05, 0) is 19.8 Å². The van der Waals surface area contributed by atoms with Gasteiger partial charge in [0.25, 0.3) is 0 Å². The first-order valence-corrected chi connectivity index (χ1v) is 4.79. The number of nitrogens with one attached hydrogen (secondary N) is 1. The third-order valence-electron chi connectivity index (χ3n) is 1.32. The van der Waals surface area contributed by atoms with Crippen molar-refractivity contribution in [2.75, 3.05) is 19.7 Å². The lowest BCUT2D eigenvalue weighted by atomic mass is 10.1. The second-order valence-corrected chi connectivity index (χ2v) is 4.52. The molecule has 0 spiro atoms. The molecule has 0 aromatic heterocycles. The lowest BCUT2D eigenvalue weighted by molar-refractivity contribution is -0.0384. The molecule has 12 heavy (non-hydrogen) atoms. The van der Waals surface area contributed by atoms with Gasteiger partial charge in [0.1, 0.15) is 0 Å². The Hall–Kier alpha value is -0.0800. The fraction of sp³-hybridized carbons (Fsp3) is 1.00. The van der Waals surface area contributed by atoms with Crippen LogP contribution in [0.25, 0.3) is 0 Å². The molecule has 0 bridgehead atoms. The van der Waals surface area contributed by atoms with Crippen molar-refractivity contribution in [1.29, 1.82) is 0 Å². The molecule has 2 heteroatoms. The van der Waals surface area contributed by atoms with Gasteiger partial charge in [0, 0.05) is 13.1 Å². The lowest BCUT2D eigenvalue weighted by Crippen LogP contribution is -2.45. The van der Waals surface area contributed by atoms with E-state index in [4.69, 9.17) is 4.74 Å². The van der Waals surface area contributed by atoms with Gasteiger partial charge in [0.05, 0.1) is 12.2 Å². The number of hydrogen-bond acceptors (Lipinski definition) is 2. The summed E-state index contributed by atoms with van der Waals surface area (Å²) < 4.78 is 5.40. The number of ether oxygens (including phenoxy) is 1. The Bertz CT molecular complexity index is 99.7. The first kappa shape index (κ1) is 11.9. The Labute approximate surface area is 76.7 Å². The quantitative estimate of drug-likeness (QED) is 0.605. The van der Waals surface area contributed by atoms with Crippen LogP contribution in [-0.2, 0) is 4.74 Å². The maximum atomic E-state index is 5.40. The molecule has 1 heterocycles. The number of morpholine rings is 1. The summed E-state index contributed by atoms with van der Waals surface area (Å²) in [5.41, 5.74) is 0.0677. The normalized spacial score (nSPS) is 21.5. The van der Waals surface area contributed by atoms with Gasteiger partial charge in [-0.15, -0.1) is 0 Å². The van der Waals surface area contributed by atoms with Gasteiger partial charge in [0.15, 0.2) is 0 Å². The maximum Gasteiger partial charge on any atom is 0.0750 e. The molecule has 0 amide bonds. The van der Waals surface area contributed by atoms with Crippen molar-refractivity contribution in [2.24, 2.45) is 5.92 Å². The molecule has 2 nitrogen and oxygen atoms in total. The van der Waals surface area contributed by atoms with Crippen LogP contribution in [0.1, 0.15) is 34.6 Å². The van der Waals surface area contributed by atoms with E-state index in [2.05, 4.69) is 39.9 Å². The molecule has 1 aliphatic heterocycles. The van der Waals surface area contributed by atoms with Crippen LogP contribution in [0, 0.1) is 5.92 Å². The van der Waals surface area contributed by atoms with E-state index in [1.54, 1.807) is 0 Å². The summed E-state index contributed by atoms with van der Waals surface area (Å²) in [5, 5.41) is 3.25. The molecule has 0 radical (unpaired) electrons. The van der Waals surface area contributed by atoms with Crippen molar-refractivity contribution in [3.63, 3.8) is 0 Å². The van der Waals surface area contributed by atoms with Gasteiger partial charge in [-0.1, -0.05) is 20.8 Å². The predicted molar refractivity (Wildman–Crippen MR) is 53.4 cm³/mol. The van der Waals surface area contributed by atoms with E-state index in [-0.39, 0.29) is 5.60 Å². The van der Waals surface area contributed by atoms with Gasteiger partial charge in [-0.25, -0.2) is 0 Å². The minimum Gasteiger partial charge on any atom is -0.373 e. The van der Waals surface area contributed by atoms with Gasteiger partial charge in [-0.2, -0.15) is 0 Å². The first-order chi connectivity index (χ1) is 5.44. The first-order valence-electron chi connectivity index (χ1n) is 4.79. The van der Waals surface area contributed by atoms with E-state index in [1.165, 1.54) is 0 Å². The topological polar surface area (TPSA) is 21.3 Å². The minimum atomic E-state index is 0.0677. The molecule has 0 saturated carbocycles. The lowest BCUT2D eigenvalue weighted by Gasteiger charge is -2.30. The van der Waals surface area contributed by atoms with Gasteiger partial charge in [-0.3, -0.25) is 0 Å². The Morgan fingerprint density at radius 2 is 1.75 bits per heavy atom. The summed E-state index contributed by atoms with van der Waals surface area (Å²) >= 11 is 0. The number of hydrogen-bond donors (Lipinski definition) is 1. The van der Waals surface area contributed by atoms with Crippen LogP contribution < -0.4 is 5.32 Å². The number of rotatable bonds is 0. The predicted octanol–water partition coefficient (Wildman–Crippen LogP) is 2.05. The fourth-order valence-electron chi connectivity index (χ4n) is 0.840. The third kappa shape index (κ3) is 8.02. The summed E-state index contributed by atoms with van der Waals surface area (Å²) in [6.07, 6.45) is 0. The van der Waals surface area contributed by atoms with Gasteiger partial charge in [0.2, 0.25) is 0 Å². The molecule has 1 aliphatic rings. The zero-order valence-corrected chi connectivity index (χ0v) is 9.11. The van der Waals surface area contributed by atoms with E-state index in [0.29, 0.717) is 0 Å². The Kier molecular flexibility index (Phi) is 5.51. The minimum absolute atomic E-state index is 0.0677. The van der Waals surface area contributed by atoms with Crippen molar-refractivity contribution in [2.45, 2.75) is 40.2 Å². The van der Waals surface area contributed by atoms with Crippen molar-refractivity contribution in [3.8, 4) is 0 Å². The van der Waals surface area contributed by atoms with Crippen LogP contribution in [0.5, 0.6) is 0 Å². The molecule has 1 N–H and O–H groups in total. The summed E-state index contributed by atoms with van der Waals surface area (Å²) in [7, 11) is 0. The Morgan fingerprint density at radius 1 is 1.25 bits per heavy atom. The van der Waals surface area contributed by atoms with Crippen molar-refractivity contribution < 1.29 is 4.74 Å². The van der Waals surface area contributed by atoms with Crippen LogP contribution in [0.3, 0.4) is 0 Å². The zero-order valence-electron chi connectivity index (χ0n) is 9.11. The van der Waals surface area contributed by atoms with E-state index < -0.39 is 0 Å². The summed E-state index contributed by atoms with van der Waals surface area (Å²) in [4.78, 5) is 0. The van der Waals surface area contributed by atoms with E-state index >= 15 is 0 Å². The van der Waals surface area contributed by atoms with Crippen molar-refractivity contribution in [1.82, 2.24) is 5.32 Å². The molecule has 1 saturated heterocycles. The molecular formula is C10H23NO. The second kappa shape index (κ2) is 5.55. The smallest absolute Gasteiger partial charge is 0.0750 e. The van der Waals surface area contributed by atoms with Crippen LogP contribution >= 0.6 is 0 Å². The molecule has 0 aromatic rings. The molecule has 0 aliphatic carbocycles. The SMILES string of the molecule is CC(C)C.CC1(C)CNCCO1. The molecular weight excluding hydrogens is 150 g/mol. The maximum absolute atomic E-state index is 5.40. The second-order valence-electron chi connectivity index (χ2n) is 4.52. The molecule has 1 rings (SSSR count). The highest BCUT2D eigenvalue weighted by Crippen LogP contribution is 2.08. The fourth-order valence-corrected chi connectivity index (χ4v) is 0.840. The Balaban J connectivity index is 0.000000261. The van der Waals surface area contributed by atoms with E-state index in [1.807, 2.05) is 0 Å². The molecule has 0 unspecified atom stereocenters. The highest BCUT2D eigenvalue weighted by atomic mass is 16.5. The average Bonchev–Trinajstić information content (AvgIpc) is 1.85. The molecule has 74 valence electrons. The van der Waals surface area contributed by atoms with Crippen LogP contribution in [0.15, 0.2) is 0 Å². The standard InChI is InChI=1S/C6H13NO.C4H10/c1-6(2)5-7-3-4-8-6;1-4(2)3/h7H,3-5H2,1-2H3;4H,1-3H3. The monoisotopic (exact) mass is 173 g/mol. The van der Waals surface area contributed by atoms with Crippen LogP contribution in [0.4, 0.5) is 0 Å². The van der Waals surface area contributed by atoms with Crippen LogP contribution in [0.2, 0.25) is 0 Å². The summed E-state index contributed by atoms with van der Waals surface area (Å²) in [6.45, 7) is 13.5. The van der Waals surface area contributed by atoms with Gasteiger partial charge >= 0.3 is 0 Å². The highest BCUT2D eigenvalue weighted by Gasteiger charge is 2.20. The average molecular weight is 173 g/mol. The summed E-state index contributed by atoms with van der Waals surface area (Å²) in [6, 6.07) is 0. The third-order valence-corrected chi connectivity index (χ3v) is 1.32. The molecule has 0 atom stereocenters. The summed E-state index contributed by atoms with van der Waals surface area (Å²) in [5.74, 6) is 0.833. The molecule has 0 aromatic carbocycles. The van der Waals surface area contributed by atoms with Gasteiger partial charge < -0.3 is 10.1 Å².